The van der Waals surface area contributed by atoms with Crippen LogP contribution in [0, 0.1) is 6.92 Å². The molecule has 13 heteroatoms. The molecule has 0 bridgehead atoms. The van der Waals surface area contributed by atoms with Gasteiger partial charge in [-0.05, 0) is 30.7 Å². The van der Waals surface area contributed by atoms with Crippen LogP contribution in [0.15, 0.2) is 48.8 Å². The van der Waals surface area contributed by atoms with Crippen LogP contribution in [-0.4, -0.2) is 54.3 Å². The maximum absolute atomic E-state index is 11.2. The third kappa shape index (κ3) is 5.02. The Bertz CT molecular complexity index is 1870. The van der Waals surface area contributed by atoms with E-state index in [4.69, 9.17) is 33.4 Å². The van der Waals surface area contributed by atoms with Crippen LogP contribution < -0.4 is 28.4 Å². The molecule has 0 unspecified atom stereocenters. The predicted molar refractivity (Wildman–Crippen MR) is 157 cm³/mol. The van der Waals surface area contributed by atoms with Gasteiger partial charge in [-0.2, -0.15) is 0 Å². The van der Waals surface area contributed by atoms with Crippen LogP contribution in [0.2, 0.25) is 0 Å². The first-order chi connectivity index (χ1) is 21.1. The zero-order valence-electron chi connectivity index (χ0n) is 22.5. The van der Waals surface area contributed by atoms with Gasteiger partial charge in [-0.15, -0.1) is 22.7 Å². The minimum atomic E-state index is 0.248. The van der Waals surface area contributed by atoms with Crippen LogP contribution in [0.4, 0.5) is 0 Å². The molecular formula is C30H21N3O8S2. The molecule has 0 aromatic carbocycles. The molecule has 0 saturated carbocycles. The second kappa shape index (κ2) is 11.3. The van der Waals surface area contributed by atoms with Crippen molar-refractivity contribution in [2.45, 2.75) is 6.92 Å². The number of thiophene rings is 2. The Kier molecular flexibility index (Phi) is 7.09. The fraction of sp³-hybridized carbons (Fsp3) is 0.167. The van der Waals surface area contributed by atoms with Gasteiger partial charge < -0.3 is 28.4 Å². The van der Waals surface area contributed by atoms with Gasteiger partial charge in [0.2, 0.25) is 0 Å². The fourth-order valence-corrected chi connectivity index (χ4v) is 7.17. The summed E-state index contributed by atoms with van der Waals surface area (Å²) in [5.74, 6) is 3.38. The normalized spacial score (nSPS) is 13.3. The number of hydrogen-bond acceptors (Lipinski definition) is 13. The van der Waals surface area contributed by atoms with Crippen LogP contribution >= 0.6 is 22.7 Å². The van der Waals surface area contributed by atoms with Gasteiger partial charge in [-0.3, -0.25) is 19.6 Å². The van der Waals surface area contributed by atoms with Crippen molar-refractivity contribution in [2.24, 2.45) is 0 Å². The number of nitrogens with zero attached hydrogens (tertiary/aromatic N) is 3. The molecule has 0 fully saturated rings. The second-order valence-electron chi connectivity index (χ2n) is 9.27. The van der Waals surface area contributed by atoms with Crippen LogP contribution in [0.25, 0.3) is 43.0 Å². The van der Waals surface area contributed by atoms with E-state index in [1.54, 1.807) is 53.1 Å². The zero-order valence-corrected chi connectivity index (χ0v) is 24.2. The first kappa shape index (κ1) is 26.9. The number of rotatable bonds is 8. The molecule has 11 nitrogen and oxygen atoms in total. The number of ether oxygens (including phenoxy) is 6. The number of pyridine rings is 3. The van der Waals surface area contributed by atoms with E-state index in [1.807, 2.05) is 19.1 Å². The molecule has 0 atom stereocenters. The van der Waals surface area contributed by atoms with Crippen LogP contribution in [0.5, 0.6) is 34.5 Å². The number of carbonyl (C=O) groups excluding carboxylic acids is 2. The first-order valence-electron chi connectivity index (χ1n) is 13.1. The summed E-state index contributed by atoms with van der Waals surface area (Å²) in [5.41, 5.74) is 2.61. The van der Waals surface area contributed by atoms with E-state index >= 15 is 0 Å². The fourth-order valence-electron chi connectivity index (χ4n) is 4.82. The molecule has 0 aliphatic carbocycles. The average Bonchev–Trinajstić information content (AvgIpc) is 3.59. The van der Waals surface area contributed by atoms with E-state index in [0.29, 0.717) is 79.4 Å². The Morgan fingerprint density at radius 1 is 0.651 bits per heavy atom. The summed E-state index contributed by atoms with van der Waals surface area (Å²) in [5, 5.41) is 0. The Labute approximate surface area is 252 Å². The van der Waals surface area contributed by atoms with Gasteiger partial charge in [0.1, 0.15) is 37.9 Å². The minimum Gasteiger partial charge on any atom is -0.485 e. The van der Waals surface area contributed by atoms with E-state index < -0.39 is 0 Å². The topological polar surface area (TPSA) is 128 Å². The molecular weight excluding hydrogens is 594 g/mol. The monoisotopic (exact) mass is 615 g/mol. The van der Waals surface area contributed by atoms with E-state index in [0.717, 1.165) is 36.6 Å². The van der Waals surface area contributed by atoms with Gasteiger partial charge in [-0.25, -0.2) is 4.98 Å². The summed E-state index contributed by atoms with van der Waals surface area (Å²) in [7, 11) is 0. The van der Waals surface area contributed by atoms with Gasteiger partial charge in [0.25, 0.3) is 12.9 Å². The summed E-state index contributed by atoms with van der Waals surface area (Å²) in [6, 6.07) is 10.1. The van der Waals surface area contributed by atoms with Gasteiger partial charge >= 0.3 is 0 Å². The lowest BCUT2D eigenvalue weighted by Gasteiger charge is -2.18. The van der Waals surface area contributed by atoms with Crippen molar-refractivity contribution in [1.29, 1.82) is 0 Å². The van der Waals surface area contributed by atoms with Crippen molar-refractivity contribution < 1.29 is 38.0 Å². The molecule has 2 aliphatic rings. The molecule has 5 aromatic rings. The highest BCUT2D eigenvalue weighted by Crippen LogP contribution is 2.59. The Balaban J connectivity index is 1.32. The minimum absolute atomic E-state index is 0.248. The second-order valence-corrected chi connectivity index (χ2v) is 11.5. The molecule has 43 heavy (non-hydrogen) atoms. The van der Waals surface area contributed by atoms with Gasteiger partial charge in [-0.1, -0.05) is 0 Å². The highest BCUT2D eigenvalue weighted by atomic mass is 32.1. The molecule has 216 valence electrons. The van der Waals surface area contributed by atoms with Crippen molar-refractivity contribution in [2.75, 3.05) is 26.4 Å². The smallest absolute Gasteiger partial charge is 0.298 e. The molecule has 2 aliphatic heterocycles. The summed E-state index contributed by atoms with van der Waals surface area (Å²) in [6.45, 7) is 4.53. The molecule has 7 rings (SSSR count). The van der Waals surface area contributed by atoms with Crippen molar-refractivity contribution in [3.8, 4) is 77.5 Å². The van der Waals surface area contributed by atoms with Gasteiger partial charge in [0.05, 0.1) is 37.4 Å². The van der Waals surface area contributed by atoms with Crippen LogP contribution in [0.3, 0.4) is 0 Å². The molecule has 0 spiro atoms. The van der Waals surface area contributed by atoms with Crippen molar-refractivity contribution in [1.82, 2.24) is 15.0 Å². The largest absolute Gasteiger partial charge is 0.485 e. The number of aromatic nitrogens is 3. The zero-order chi connectivity index (χ0) is 29.3. The quantitative estimate of drug-likeness (QED) is 0.203. The highest BCUT2D eigenvalue weighted by molar-refractivity contribution is 7.25. The Hall–Kier alpha value is -5.01. The van der Waals surface area contributed by atoms with Crippen molar-refractivity contribution >= 4 is 35.6 Å². The average molecular weight is 616 g/mol. The number of aryl methyl sites for hydroxylation is 1. The van der Waals surface area contributed by atoms with Crippen LogP contribution in [0.1, 0.15) is 4.88 Å². The summed E-state index contributed by atoms with van der Waals surface area (Å²) >= 11 is 3.14. The van der Waals surface area contributed by atoms with E-state index in [-0.39, 0.29) is 5.75 Å². The molecule has 0 radical (unpaired) electrons. The molecule has 0 N–H and O–H groups in total. The summed E-state index contributed by atoms with van der Waals surface area (Å²) in [6.07, 6.45) is 3.17. The van der Waals surface area contributed by atoms with E-state index in [9.17, 15) is 9.59 Å². The van der Waals surface area contributed by atoms with E-state index in [1.165, 1.54) is 6.20 Å². The lowest BCUT2D eigenvalue weighted by Crippen LogP contribution is -2.15. The predicted octanol–water partition coefficient (Wildman–Crippen LogP) is 5.58. The molecule has 5 aromatic heterocycles. The number of hydrogen-bond donors (Lipinski definition) is 0. The van der Waals surface area contributed by atoms with Crippen molar-refractivity contribution in [3.63, 3.8) is 0 Å². The number of fused-ring (bicyclic) bond motifs is 2. The lowest BCUT2D eigenvalue weighted by molar-refractivity contribution is -0.121. The maximum Gasteiger partial charge on any atom is 0.298 e. The van der Waals surface area contributed by atoms with Crippen LogP contribution in [-0.2, 0) is 9.59 Å². The molecule has 0 amide bonds. The van der Waals surface area contributed by atoms with Gasteiger partial charge in [0, 0.05) is 35.5 Å². The lowest BCUT2D eigenvalue weighted by atomic mass is 10.1. The SMILES string of the molecule is Cc1sc(-c2sc(-c3ccnc(-c4cc(OC=O)cc(-c5cc(OC=O)ccn5)n4)c3)c3c2OCCO3)c2c1OCCO2. The van der Waals surface area contributed by atoms with E-state index in [2.05, 4.69) is 9.97 Å². The Morgan fingerprint density at radius 2 is 1.19 bits per heavy atom. The summed E-state index contributed by atoms with van der Waals surface area (Å²) in [4.78, 5) is 39.4. The standard InChI is InChI=1S/C30H21N3O8S2/c1-16-24-25(37-7-6-36-24)29(42-16)30-27-26(38-8-9-39-27)28(43-30)17-2-4-31-20(10-17)22-12-19(41-15-35)13-23(33-22)21-11-18(40-14-34)3-5-32-21/h2-5,10-15H,6-9H2,1H3. The first-order valence-corrected chi connectivity index (χ1v) is 14.7. The van der Waals surface area contributed by atoms with Gasteiger partial charge in [0.15, 0.2) is 23.0 Å². The summed E-state index contributed by atoms with van der Waals surface area (Å²) < 4.78 is 34.3. The Morgan fingerprint density at radius 3 is 1.88 bits per heavy atom. The third-order valence-electron chi connectivity index (χ3n) is 6.61. The maximum atomic E-state index is 11.2. The molecule has 0 saturated heterocycles. The number of carbonyl (C=O) groups is 2. The molecule has 7 heterocycles. The third-order valence-corrected chi connectivity index (χ3v) is 9.05. The van der Waals surface area contributed by atoms with Crippen molar-refractivity contribution in [3.05, 3.63) is 53.7 Å². The highest BCUT2D eigenvalue weighted by Gasteiger charge is 2.32.